The van der Waals surface area contributed by atoms with Crippen LogP contribution in [0.2, 0.25) is 0 Å². The van der Waals surface area contributed by atoms with Crippen LogP contribution in [-0.4, -0.2) is 79.9 Å². The van der Waals surface area contributed by atoms with Crippen molar-refractivity contribution in [3.63, 3.8) is 0 Å². The third-order valence-electron chi connectivity index (χ3n) is 11.2. The quantitative estimate of drug-likeness (QED) is 0.325. The molecule has 5 aliphatic rings. The predicted molar refractivity (Wildman–Crippen MR) is 169 cm³/mol. The standard InChI is InChI=1S/C36H44N4O2/c41-26-11-6-8-19-39-21-16-30-29(32-33-28(15-18-37-32)27-13-4-5-14-31(27)38-33)23-36(42,17-9-12-26)34-35(30,24-39)22-25-10-3-1-2-7-20-40(25)34/h3-5,9-10,12-15,18,23,25-26,30,34,38,41-42H,1-2,6-8,11,16-17,19-22,24H2/b10-3-,12-9-/t25-,26+,30?,34+,35-,36-/m0/s1. The van der Waals surface area contributed by atoms with Gasteiger partial charge in [-0.3, -0.25) is 9.88 Å². The van der Waals surface area contributed by atoms with Gasteiger partial charge in [0.1, 0.15) is 5.60 Å². The molecule has 1 spiro atoms. The number of nitrogens with one attached hydrogen (secondary N) is 1. The zero-order chi connectivity index (χ0) is 28.3. The first-order valence-corrected chi connectivity index (χ1v) is 16.4. The number of H-pyrrole nitrogens is 1. The second-order valence-electron chi connectivity index (χ2n) is 13.7. The number of rotatable bonds is 1. The summed E-state index contributed by atoms with van der Waals surface area (Å²) in [6.45, 7) is 4.17. The average Bonchev–Trinajstić information content (AvgIpc) is 3.50. The Kier molecular flexibility index (Phi) is 6.67. The van der Waals surface area contributed by atoms with E-state index in [1.165, 1.54) is 29.2 Å². The highest BCUT2D eigenvalue weighted by molar-refractivity contribution is 6.09. The molecule has 2 unspecified atom stereocenters. The molecule has 1 aliphatic carbocycles. The van der Waals surface area contributed by atoms with Crippen molar-refractivity contribution >= 4 is 27.4 Å². The van der Waals surface area contributed by atoms with E-state index < -0.39 is 11.7 Å². The lowest BCUT2D eigenvalue weighted by Gasteiger charge is -2.58. The van der Waals surface area contributed by atoms with Crippen LogP contribution in [0.5, 0.6) is 0 Å². The minimum absolute atomic E-state index is 0.0266. The minimum Gasteiger partial charge on any atom is -0.389 e. The summed E-state index contributed by atoms with van der Waals surface area (Å²) in [7, 11) is 0. The van der Waals surface area contributed by atoms with Gasteiger partial charge in [0.15, 0.2) is 0 Å². The highest BCUT2D eigenvalue weighted by Crippen LogP contribution is 2.61. The Labute approximate surface area is 248 Å². The number of fused-ring (bicyclic) bond motifs is 5. The van der Waals surface area contributed by atoms with Crippen molar-refractivity contribution in [1.29, 1.82) is 0 Å². The van der Waals surface area contributed by atoms with Gasteiger partial charge in [-0.15, -0.1) is 0 Å². The maximum atomic E-state index is 13.0. The van der Waals surface area contributed by atoms with E-state index in [-0.39, 0.29) is 11.5 Å². The van der Waals surface area contributed by atoms with Gasteiger partial charge in [-0.05, 0) is 107 Å². The minimum atomic E-state index is -1.06. The lowest BCUT2D eigenvalue weighted by atomic mass is 9.54. The molecule has 42 heavy (non-hydrogen) atoms. The number of pyridine rings is 1. The van der Waals surface area contributed by atoms with Crippen molar-refractivity contribution in [3.05, 3.63) is 72.6 Å². The molecule has 3 aromatic rings. The predicted octanol–water partition coefficient (Wildman–Crippen LogP) is 5.83. The highest BCUT2D eigenvalue weighted by atomic mass is 16.3. The summed E-state index contributed by atoms with van der Waals surface area (Å²) < 4.78 is 0. The summed E-state index contributed by atoms with van der Waals surface area (Å²) in [5.41, 5.74) is 3.29. The third-order valence-corrected chi connectivity index (χ3v) is 11.2. The number of aliphatic hydroxyl groups excluding tert-OH is 1. The average molecular weight is 565 g/mol. The van der Waals surface area contributed by atoms with E-state index in [4.69, 9.17) is 4.98 Å². The number of hydrogen-bond donors (Lipinski definition) is 3. The number of aromatic nitrogens is 2. The molecule has 8 rings (SSSR count). The molecule has 6 nitrogen and oxygen atoms in total. The van der Waals surface area contributed by atoms with Crippen LogP contribution in [0.4, 0.5) is 0 Å². The zero-order valence-electron chi connectivity index (χ0n) is 24.6. The number of piperidine rings is 1. The number of para-hydroxylation sites is 1. The first kappa shape index (κ1) is 26.8. The Morgan fingerprint density at radius 3 is 2.79 bits per heavy atom. The summed E-state index contributed by atoms with van der Waals surface area (Å²) >= 11 is 0. The molecule has 3 N–H and O–H groups in total. The van der Waals surface area contributed by atoms with E-state index in [0.717, 1.165) is 81.4 Å². The number of nitrogens with zero attached hydrogens (tertiary/aromatic N) is 3. The Bertz CT molecular complexity index is 1570. The Morgan fingerprint density at radius 1 is 0.929 bits per heavy atom. The van der Waals surface area contributed by atoms with Gasteiger partial charge in [-0.2, -0.15) is 0 Å². The first-order valence-electron chi connectivity index (χ1n) is 16.4. The molecule has 2 fully saturated rings. The Hall–Kier alpha value is -2.77. The lowest BCUT2D eigenvalue weighted by Crippen LogP contribution is -2.65. The Balaban J connectivity index is 1.35. The van der Waals surface area contributed by atoms with Crippen LogP contribution in [0.1, 0.15) is 63.5 Å². The summed E-state index contributed by atoms with van der Waals surface area (Å²) in [4.78, 5) is 14.2. The van der Waals surface area contributed by atoms with Crippen LogP contribution in [0, 0.1) is 11.3 Å². The van der Waals surface area contributed by atoms with E-state index in [1.54, 1.807) is 0 Å². The van der Waals surface area contributed by atoms with Crippen LogP contribution in [0.25, 0.3) is 27.4 Å². The molecular formula is C36H44N4O2. The largest absolute Gasteiger partial charge is 0.389 e. The third kappa shape index (κ3) is 4.25. The molecule has 0 amide bonds. The maximum absolute atomic E-state index is 13.0. The fourth-order valence-corrected chi connectivity index (χ4v) is 9.60. The van der Waals surface area contributed by atoms with Crippen molar-refractivity contribution in [2.75, 3.05) is 26.2 Å². The van der Waals surface area contributed by atoms with Gasteiger partial charge >= 0.3 is 0 Å². The highest BCUT2D eigenvalue weighted by Gasteiger charge is 2.65. The molecule has 0 radical (unpaired) electrons. The van der Waals surface area contributed by atoms with Gasteiger partial charge < -0.3 is 20.1 Å². The lowest BCUT2D eigenvalue weighted by molar-refractivity contribution is -0.0850. The van der Waals surface area contributed by atoms with Gasteiger partial charge in [-0.25, -0.2) is 0 Å². The summed E-state index contributed by atoms with van der Waals surface area (Å²) in [5.74, 6) is 0.324. The van der Waals surface area contributed by atoms with Crippen LogP contribution in [-0.2, 0) is 0 Å². The van der Waals surface area contributed by atoms with E-state index in [9.17, 15) is 10.2 Å². The molecule has 0 saturated carbocycles. The fraction of sp³-hybridized carbons (Fsp3) is 0.528. The van der Waals surface area contributed by atoms with Gasteiger partial charge in [0.25, 0.3) is 0 Å². The summed E-state index contributed by atoms with van der Waals surface area (Å²) in [5, 5.41) is 26.2. The van der Waals surface area contributed by atoms with Crippen molar-refractivity contribution in [1.82, 2.24) is 19.8 Å². The first-order chi connectivity index (χ1) is 20.6. The second-order valence-corrected chi connectivity index (χ2v) is 13.7. The number of aliphatic hydroxyl groups is 2. The molecule has 3 bridgehead atoms. The smallest absolute Gasteiger partial charge is 0.103 e. The molecule has 220 valence electrons. The fourth-order valence-electron chi connectivity index (χ4n) is 9.60. The van der Waals surface area contributed by atoms with E-state index in [0.29, 0.717) is 18.4 Å². The van der Waals surface area contributed by atoms with E-state index in [1.807, 2.05) is 12.3 Å². The molecule has 2 aromatic heterocycles. The van der Waals surface area contributed by atoms with Crippen LogP contribution in [0.3, 0.4) is 0 Å². The second kappa shape index (κ2) is 10.4. The van der Waals surface area contributed by atoms with Crippen molar-refractivity contribution < 1.29 is 10.2 Å². The molecular weight excluding hydrogens is 520 g/mol. The molecule has 7 atom stereocenters. The van der Waals surface area contributed by atoms with Crippen molar-refractivity contribution in [3.8, 4) is 0 Å². The number of hydrogen-bond acceptors (Lipinski definition) is 5. The van der Waals surface area contributed by atoms with Crippen LogP contribution < -0.4 is 0 Å². The Morgan fingerprint density at radius 2 is 1.83 bits per heavy atom. The zero-order valence-corrected chi connectivity index (χ0v) is 24.6. The van der Waals surface area contributed by atoms with Gasteiger partial charge in [0.05, 0.1) is 23.4 Å². The summed E-state index contributed by atoms with van der Waals surface area (Å²) in [6.07, 6.45) is 21.7. The summed E-state index contributed by atoms with van der Waals surface area (Å²) in [6, 6.07) is 11.0. The van der Waals surface area contributed by atoms with Crippen molar-refractivity contribution in [2.45, 2.75) is 81.6 Å². The molecule has 1 aromatic carbocycles. The monoisotopic (exact) mass is 564 g/mol. The van der Waals surface area contributed by atoms with Gasteiger partial charge in [0, 0.05) is 40.5 Å². The number of aromatic amines is 1. The molecule has 2 saturated heterocycles. The normalized spacial score (nSPS) is 38.8. The number of benzene rings is 1. The topological polar surface area (TPSA) is 75.6 Å². The van der Waals surface area contributed by atoms with E-state index in [2.05, 4.69) is 69.4 Å². The van der Waals surface area contributed by atoms with Gasteiger partial charge in [-0.1, -0.05) is 42.5 Å². The van der Waals surface area contributed by atoms with E-state index >= 15 is 0 Å². The van der Waals surface area contributed by atoms with Crippen LogP contribution in [0.15, 0.2) is 66.9 Å². The molecule has 6 heteroatoms. The molecule has 4 aliphatic heterocycles. The van der Waals surface area contributed by atoms with Crippen LogP contribution >= 0.6 is 0 Å². The van der Waals surface area contributed by atoms with Crippen molar-refractivity contribution in [2.24, 2.45) is 11.3 Å². The molecule has 6 heterocycles. The number of allylic oxidation sites excluding steroid dienone is 2. The SMILES string of the molecule is O[C@H]1/C=C\C[C@]2(O)C=C(c3nccc4c3[nH]c3ccccc34)C3CCN(CCCC1)C[C@@]31C[C@@H]3/C=C\CCCCN3[C@H]12. The van der Waals surface area contributed by atoms with Gasteiger partial charge in [0.2, 0.25) is 0 Å². The maximum Gasteiger partial charge on any atom is 0.103 e.